The molecular weight excluding hydrogens is 392 g/mol. The molecule has 4 atom stereocenters. The molecule has 166 valence electrons. The van der Waals surface area contributed by atoms with Gasteiger partial charge in [0.1, 0.15) is 18.5 Å². The Hall–Kier alpha value is -2.85. The minimum Gasteiger partial charge on any atom is -0.564 e. The van der Waals surface area contributed by atoms with Crippen LogP contribution in [0.1, 0.15) is 45.4 Å². The van der Waals surface area contributed by atoms with Crippen LogP contribution in [0.15, 0.2) is 4.99 Å². The van der Waals surface area contributed by atoms with Gasteiger partial charge in [-0.05, 0) is 32.6 Å². The maximum absolute atomic E-state index is 12.4. The van der Waals surface area contributed by atoms with E-state index in [1.807, 2.05) is 0 Å². The molecular formula is C19H31N6O5+. The predicted octanol–water partition coefficient (Wildman–Crippen LogP) is -1.45. The zero-order valence-corrected chi connectivity index (χ0v) is 17.2. The van der Waals surface area contributed by atoms with E-state index in [9.17, 15) is 19.2 Å². The molecule has 2 aliphatic heterocycles. The van der Waals surface area contributed by atoms with Crippen LogP contribution < -0.4 is 21.3 Å². The van der Waals surface area contributed by atoms with Gasteiger partial charge in [-0.1, -0.05) is 12.8 Å². The first-order chi connectivity index (χ1) is 14.3. The van der Waals surface area contributed by atoms with Gasteiger partial charge < -0.3 is 26.4 Å². The molecule has 0 aromatic heterocycles. The van der Waals surface area contributed by atoms with Crippen molar-refractivity contribution in [2.24, 2.45) is 10.9 Å². The zero-order valence-electron chi connectivity index (χ0n) is 17.2. The highest BCUT2D eigenvalue weighted by Gasteiger charge is 2.38. The van der Waals surface area contributed by atoms with Gasteiger partial charge in [0, 0.05) is 30.0 Å². The number of rotatable bonds is 9. The zero-order chi connectivity index (χ0) is 21.7. The van der Waals surface area contributed by atoms with E-state index in [0.717, 1.165) is 23.7 Å². The summed E-state index contributed by atoms with van der Waals surface area (Å²) < 4.78 is 0. The van der Waals surface area contributed by atoms with Crippen molar-refractivity contribution in [1.82, 2.24) is 26.2 Å². The SMILES string of the molecule is CC(CNC(=O)CN1C(=O)NC(CCCN=C2NC3CCCCC3N2)C1=O)C(=O)[OH2+]. The molecule has 4 amide bonds. The Labute approximate surface area is 175 Å². The lowest BCUT2D eigenvalue weighted by Gasteiger charge is -2.23. The van der Waals surface area contributed by atoms with Gasteiger partial charge in [0.05, 0.1) is 0 Å². The summed E-state index contributed by atoms with van der Waals surface area (Å²) in [7, 11) is 0. The largest absolute Gasteiger partial charge is 0.564 e. The Bertz CT molecular complexity index is 710. The molecule has 4 unspecified atom stereocenters. The number of carbonyl (C=O) groups excluding carboxylic acids is 4. The summed E-state index contributed by atoms with van der Waals surface area (Å²) >= 11 is 0. The highest BCUT2D eigenvalue weighted by Crippen LogP contribution is 2.21. The average molecular weight is 423 g/mol. The second-order valence-corrected chi connectivity index (χ2v) is 8.15. The van der Waals surface area contributed by atoms with Crippen molar-refractivity contribution in [2.75, 3.05) is 19.6 Å². The van der Waals surface area contributed by atoms with Gasteiger partial charge in [-0.15, -0.1) is 0 Å². The van der Waals surface area contributed by atoms with Crippen LogP contribution in [-0.4, -0.2) is 77.5 Å². The van der Waals surface area contributed by atoms with Crippen LogP contribution >= 0.6 is 0 Å². The van der Waals surface area contributed by atoms with Crippen LogP contribution in [0.5, 0.6) is 0 Å². The first kappa shape index (κ1) is 21.8. The molecule has 3 rings (SSSR count). The van der Waals surface area contributed by atoms with E-state index in [0.29, 0.717) is 31.5 Å². The van der Waals surface area contributed by atoms with Gasteiger partial charge >= 0.3 is 12.0 Å². The number of urea groups is 1. The summed E-state index contributed by atoms with van der Waals surface area (Å²) in [6.45, 7) is 1.65. The van der Waals surface area contributed by atoms with Crippen LogP contribution in [0.3, 0.4) is 0 Å². The van der Waals surface area contributed by atoms with E-state index in [4.69, 9.17) is 5.11 Å². The number of carbonyl (C=O) groups is 4. The lowest BCUT2D eigenvalue weighted by Crippen LogP contribution is -2.42. The molecule has 0 aromatic carbocycles. The number of amides is 4. The van der Waals surface area contributed by atoms with Crippen molar-refractivity contribution >= 4 is 29.8 Å². The van der Waals surface area contributed by atoms with Crippen LogP contribution in [-0.2, 0) is 14.4 Å². The third kappa shape index (κ3) is 5.39. The van der Waals surface area contributed by atoms with Crippen molar-refractivity contribution < 1.29 is 24.3 Å². The number of nitrogens with zero attached hydrogens (tertiary/aromatic N) is 2. The maximum Gasteiger partial charge on any atom is 0.520 e. The molecule has 0 radical (unpaired) electrons. The molecule has 2 heterocycles. The maximum atomic E-state index is 12.4. The molecule has 1 saturated carbocycles. The second-order valence-electron chi connectivity index (χ2n) is 8.15. The topological polar surface area (TPSA) is 155 Å². The standard InChI is InChI=1S/C19H30N6O5/c1-11(17(28)29)9-21-15(26)10-25-16(27)14(24-19(25)30)7-4-8-20-18-22-12-5-2-3-6-13(12)23-18/h11-14H,2-10H2,1H3,(H,21,26)(H,24,30)(H,28,29)(H2,20,22,23)/p+1. The third-order valence-corrected chi connectivity index (χ3v) is 5.79. The second kappa shape index (κ2) is 9.77. The Morgan fingerprint density at radius 3 is 2.50 bits per heavy atom. The van der Waals surface area contributed by atoms with Crippen molar-refractivity contribution in [3.05, 3.63) is 0 Å². The fourth-order valence-corrected chi connectivity index (χ4v) is 3.93. The molecule has 0 spiro atoms. The lowest BCUT2D eigenvalue weighted by molar-refractivity contribution is -0.141. The van der Waals surface area contributed by atoms with E-state index in [-0.39, 0.29) is 6.54 Å². The molecule has 0 bridgehead atoms. The van der Waals surface area contributed by atoms with Gasteiger partial charge in [-0.25, -0.2) is 4.79 Å². The lowest BCUT2D eigenvalue weighted by atomic mass is 9.92. The fourth-order valence-electron chi connectivity index (χ4n) is 3.93. The monoisotopic (exact) mass is 423 g/mol. The van der Waals surface area contributed by atoms with Gasteiger partial charge in [0.15, 0.2) is 5.96 Å². The highest BCUT2D eigenvalue weighted by molar-refractivity contribution is 6.06. The molecule has 2 saturated heterocycles. The van der Waals surface area contributed by atoms with E-state index < -0.39 is 42.3 Å². The van der Waals surface area contributed by atoms with Gasteiger partial charge in [-0.3, -0.25) is 19.5 Å². The Balaban J connectivity index is 1.39. The van der Waals surface area contributed by atoms with Crippen LogP contribution in [0.4, 0.5) is 4.79 Å². The first-order valence-electron chi connectivity index (χ1n) is 10.6. The number of nitrogens with one attached hydrogen (secondary N) is 4. The van der Waals surface area contributed by atoms with E-state index in [1.54, 1.807) is 0 Å². The quantitative estimate of drug-likeness (QED) is 0.202. The van der Waals surface area contributed by atoms with Crippen LogP contribution in [0.2, 0.25) is 0 Å². The smallest absolute Gasteiger partial charge is 0.520 e. The molecule has 0 aromatic rings. The summed E-state index contributed by atoms with van der Waals surface area (Å²) in [5.74, 6) is -1.59. The molecule has 6 N–H and O–H groups in total. The molecule has 1 aliphatic carbocycles. The number of guanidine groups is 1. The number of imide groups is 1. The first-order valence-corrected chi connectivity index (χ1v) is 10.6. The minimum atomic E-state index is -0.782. The molecule has 11 nitrogen and oxygen atoms in total. The summed E-state index contributed by atoms with van der Waals surface area (Å²) in [6.07, 6.45) is 5.85. The van der Waals surface area contributed by atoms with Gasteiger partial charge in [0.25, 0.3) is 5.91 Å². The van der Waals surface area contributed by atoms with E-state index in [2.05, 4.69) is 26.3 Å². The summed E-state index contributed by atoms with van der Waals surface area (Å²) in [5.41, 5.74) is 0. The average Bonchev–Trinajstić information content (AvgIpc) is 3.24. The normalized spacial score (nSPS) is 26.4. The van der Waals surface area contributed by atoms with Crippen molar-refractivity contribution in [1.29, 1.82) is 0 Å². The van der Waals surface area contributed by atoms with E-state index in [1.165, 1.54) is 19.8 Å². The third-order valence-electron chi connectivity index (χ3n) is 5.79. The number of aliphatic imine (C=N–C) groups is 1. The minimum absolute atomic E-state index is 0.00162. The fraction of sp³-hybridized carbons (Fsp3) is 0.737. The Morgan fingerprint density at radius 2 is 1.87 bits per heavy atom. The Kier molecular flexibility index (Phi) is 7.11. The number of hydrogen-bond donors (Lipinski definition) is 4. The molecule has 11 heteroatoms. The van der Waals surface area contributed by atoms with Crippen molar-refractivity contribution in [3.63, 3.8) is 0 Å². The number of fused-ring (bicyclic) bond motifs is 1. The van der Waals surface area contributed by atoms with E-state index >= 15 is 0 Å². The predicted molar refractivity (Wildman–Crippen MR) is 109 cm³/mol. The molecule has 3 aliphatic rings. The van der Waals surface area contributed by atoms with Gasteiger partial charge in [0.2, 0.25) is 5.91 Å². The Morgan fingerprint density at radius 1 is 1.20 bits per heavy atom. The summed E-state index contributed by atoms with van der Waals surface area (Å²) in [4.78, 5) is 52.7. The highest BCUT2D eigenvalue weighted by atomic mass is 16.4. The summed E-state index contributed by atoms with van der Waals surface area (Å²) in [6, 6.07) is -0.351. The molecule has 3 fully saturated rings. The van der Waals surface area contributed by atoms with Gasteiger partial charge in [-0.2, -0.15) is 0 Å². The van der Waals surface area contributed by atoms with Crippen LogP contribution in [0, 0.1) is 5.92 Å². The van der Waals surface area contributed by atoms with Crippen LogP contribution in [0.25, 0.3) is 0 Å². The van der Waals surface area contributed by atoms with Crippen molar-refractivity contribution in [3.8, 4) is 0 Å². The molecule has 30 heavy (non-hydrogen) atoms. The number of hydrogen-bond acceptors (Lipinski definition) is 5. The summed E-state index contributed by atoms with van der Waals surface area (Å²) in [5, 5.41) is 18.9. The van der Waals surface area contributed by atoms with Crippen molar-refractivity contribution in [2.45, 2.75) is 63.6 Å².